The predicted molar refractivity (Wildman–Crippen MR) is 85.6 cm³/mol. The number of rotatable bonds is 7. The zero-order valence-corrected chi connectivity index (χ0v) is 14.4. The second kappa shape index (κ2) is 7.56. The molecule has 2 atom stereocenters. The largest absolute Gasteiger partial charge is 0.468 e. The van der Waals surface area contributed by atoms with Crippen LogP contribution in [0.1, 0.15) is 39.5 Å². The summed E-state index contributed by atoms with van der Waals surface area (Å²) in [6.45, 7) is 4.16. The van der Waals surface area contributed by atoms with E-state index in [4.69, 9.17) is 4.74 Å². The van der Waals surface area contributed by atoms with Crippen LogP contribution in [-0.4, -0.2) is 40.6 Å². The van der Waals surface area contributed by atoms with Crippen molar-refractivity contribution < 1.29 is 9.53 Å². The number of ether oxygens (including phenoxy) is 1. The fraction of sp³-hybridized carbons (Fsp3) is 0.786. The lowest BCUT2D eigenvalue weighted by molar-refractivity contribution is -0.150. The summed E-state index contributed by atoms with van der Waals surface area (Å²) >= 11 is 3.28. The van der Waals surface area contributed by atoms with E-state index in [1.54, 1.807) is 28.6 Å². The lowest BCUT2D eigenvalue weighted by Crippen LogP contribution is -2.57. The second-order valence-electron chi connectivity index (χ2n) is 5.69. The van der Waals surface area contributed by atoms with Crippen molar-refractivity contribution >= 4 is 29.1 Å². The first-order chi connectivity index (χ1) is 10.1. The molecule has 1 aromatic heterocycles. The molecule has 7 heteroatoms. The topological polar surface area (TPSA) is 64.1 Å². The molecule has 0 amide bonds. The normalized spacial score (nSPS) is 25.4. The summed E-state index contributed by atoms with van der Waals surface area (Å²) in [7, 11) is 1.48. The van der Waals surface area contributed by atoms with Gasteiger partial charge in [0.25, 0.3) is 0 Å². The van der Waals surface area contributed by atoms with Crippen LogP contribution in [0.5, 0.6) is 0 Å². The fourth-order valence-electron chi connectivity index (χ4n) is 3.20. The Morgan fingerprint density at radius 1 is 1.67 bits per heavy atom. The number of hydrogen-bond acceptors (Lipinski definition) is 7. The average molecular weight is 329 g/mol. The summed E-state index contributed by atoms with van der Waals surface area (Å²) < 4.78 is 6.09. The minimum Gasteiger partial charge on any atom is -0.468 e. The second-order valence-corrected chi connectivity index (χ2v) is 7.87. The number of esters is 1. The molecule has 0 aromatic carbocycles. The highest BCUT2D eigenvalue weighted by Gasteiger charge is 2.49. The van der Waals surface area contributed by atoms with Crippen LogP contribution in [0.15, 0.2) is 9.85 Å². The molecule has 0 bridgehead atoms. The lowest BCUT2D eigenvalue weighted by Gasteiger charge is -2.35. The third-order valence-corrected chi connectivity index (χ3v) is 5.84. The van der Waals surface area contributed by atoms with E-state index in [9.17, 15) is 4.79 Å². The first-order valence-electron chi connectivity index (χ1n) is 7.33. The van der Waals surface area contributed by atoms with Crippen molar-refractivity contribution in [3.8, 4) is 0 Å². The molecule has 0 spiro atoms. The van der Waals surface area contributed by atoms with E-state index in [1.165, 1.54) is 7.11 Å². The Hall–Kier alpha value is -0.660. The molecular formula is C14H23N3O2S2. The van der Waals surface area contributed by atoms with Gasteiger partial charge in [0.05, 0.1) is 7.11 Å². The van der Waals surface area contributed by atoms with E-state index < -0.39 is 5.54 Å². The van der Waals surface area contributed by atoms with Gasteiger partial charge in [0.2, 0.25) is 0 Å². The molecule has 118 valence electrons. The SMILES string of the molecule is COC(=O)C1(NC(C)C)CCCC1CCSc1nncs1. The highest BCUT2D eigenvalue weighted by Crippen LogP contribution is 2.40. The molecule has 1 aromatic rings. The van der Waals surface area contributed by atoms with Gasteiger partial charge in [-0.25, -0.2) is 0 Å². The number of hydrogen-bond donors (Lipinski definition) is 1. The minimum absolute atomic E-state index is 0.111. The molecule has 1 heterocycles. The first kappa shape index (κ1) is 16.7. The molecule has 5 nitrogen and oxygen atoms in total. The maximum Gasteiger partial charge on any atom is 0.326 e. The Bertz CT molecular complexity index is 453. The fourth-order valence-corrected chi connectivity index (χ4v) is 4.81. The summed E-state index contributed by atoms with van der Waals surface area (Å²) in [5.41, 5.74) is 1.24. The van der Waals surface area contributed by atoms with Gasteiger partial charge in [0, 0.05) is 11.8 Å². The molecule has 21 heavy (non-hydrogen) atoms. The van der Waals surface area contributed by atoms with Crippen molar-refractivity contribution in [3.63, 3.8) is 0 Å². The Labute approximate surface area is 134 Å². The summed E-state index contributed by atoms with van der Waals surface area (Å²) in [6, 6.07) is 0.264. The van der Waals surface area contributed by atoms with Gasteiger partial charge in [0.15, 0.2) is 4.34 Å². The lowest BCUT2D eigenvalue weighted by atomic mass is 9.84. The van der Waals surface area contributed by atoms with Gasteiger partial charge in [0.1, 0.15) is 11.0 Å². The van der Waals surface area contributed by atoms with E-state index in [0.717, 1.165) is 35.8 Å². The minimum atomic E-state index is -0.509. The number of carbonyl (C=O) groups is 1. The molecule has 1 aliphatic rings. The monoisotopic (exact) mass is 329 g/mol. The van der Waals surface area contributed by atoms with Gasteiger partial charge in [-0.15, -0.1) is 10.2 Å². The first-order valence-corrected chi connectivity index (χ1v) is 9.20. The van der Waals surface area contributed by atoms with Gasteiger partial charge in [-0.1, -0.05) is 29.5 Å². The summed E-state index contributed by atoms with van der Waals surface area (Å²) in [5, 5.41) is 11.4. The maximum atomic E-state index is 12.4. The van der Waals surface area contributed by atoms with Crippen molar-refractivity contribution in [2.75, 3.05) is 12.9 Å². The van der Waals surface area contributed by atoms with Gasteiger partial charge < -0.3 is 4.74 Å². The van der Waals surface area contributed by atoms with Gasteiger partial charge in [-0.3, -0.25) is 10.1 Å². The molecule has 2 unspecified atom stereocenters. The Kier molecular flexibility index (Phi) is 6.01. The molecule has 0 saturated heterocycles. The zero-order chi connectivity index (χ0) is 15.3. The number of nitrogens with zero attached hydrogens (tertiary/aromatic N) is 2. The van der Waals surface area contributed by atoms with Crippen LogP contribution in [0.4, 0.5) is 0 Å². The molecule has 1 aliphatic carbocycles. The third kappa shape index (κ3) is 3.96. The van der Waals surface area contributed by atoms with Crippen LogP contribution in [0.3, 0.4) is 0 Å². The van der Waals surface area contributed by atoms with Crippen LogP contribution in [-0.2, 0) is 9.53 Å². The van der Waals surface area contributed by atoms with Crippen LogP contribution in [0, 0.1) is 5.92 Å². The maximum absolute atomic E-state index is 12.4. The van der Waals surface area contributed by atoms with Crippen molar-refractivity contribution in [1.82, 2.24) is 15.5 Å². The van der Waals surface area contributed by atoms with Gasteiger partial charge in [-0.2, -0.15) is 0 Å². The third-order valence-electron chi connectivity index (χ3n) is 3.95. The molecule has 2 rings (SSSR count). The van der Waals surface area contributed by atoms with Crippen LogP contribution in [0.2, 0.25) is 0 Å². The summed E-state index contributed by atoms with van der Waals surface area (Å²) in [6.07, 6.45) is 4.00. The number of nitrogens with one attached hydrogen (secondary N) is 1. The molecule has 1 saturated carbocycles. The smallest absolute Gasteiger partial charge is 0.326 e. The molecule has 1 fully saturated rings. The summed E-state index contributed by atoms with van der Waals surface area (Å²) in [4.78, 5) is 12.4. The number of aromatic nitrogens is 2. The quantitative estimate of drug-likeness (QED) is 0.613. The van der Waals surface area contributed by atoms with E-state index in [0.29, 0.717) is 5.92 Å². The number of thioether (sulfide) groups is 1. The van der Waals surface area contributed by atoms with Crippen molar-refractivity contribution in [2.24, 2.45) is 5.92 Å². The van der Waals surface area contributed by atoms with Gasteiger partial charge in [-0.05, 0) is 39.0 Å². The molecular weight excluding hydrogens is 306 g/mol. The highest BCUT2D eigenvalue weighted by atomic mass is 32.2. The molecule has 1 N–H and O–H groups in total. The Balaban J connectivity index is 1.99. The van der Waals surface area contributed by atoms with E-state index in [1.807, 2.05) is 0 Å². The van der Waals surface area contributed by atoms with Crippen molar-refractivity contribution in [1.29, 1.82) is 0 Å². The highest BCUT2D eigenvalue weighted by molar-refractivity contribution is 8.00. The molecule has 0 aliphatic heterocycles. The van der Waals surface area contributed by atoms with E-state index in [2.05, 4.69) is 29.4 Å². The number of carbonyl (C=O) groups excluding carboxylic acids is 1. The predicted octanol–water partition coefficient (Wildman–Crippen LogP) is 2.73. The Morgan fingerprint density at radius 3 is 3.10 bits per heavy atom. The van der Waals surface area contributed by atoms with Crippen LogP contribution < -0.4 is 5.32 Å². The van der Waals surface area contributed by atoms with Crippen LogP contribution >= 0.6 is 23.1 Å². The zero-order valence-electron chi connectivity index (χ0n) is 12.8. The van der Waals surface area contributed by atoms with Gasteiger partial charge >= 0.3 is 5.97 Å². The van der Waals surface area contributed by atoms with E-state index in [-0.39, 0.29) is 12.0 Å². The van der Waals surface area contributed by atoms with E-state index >= 15 is 0 Å². The van der Waals surface area contributed by atoms with Crippen molar-refractivity contribution in [2.45, 2.75) is 55.5 Å². The Morgan fingerprint density at radius 2 is 2.48 bits per heavy atom. The average Bonchev–Trinajstić information content (AvgIpc) is 3.08. The standard InChI is InChI=1S/C14H23N3O2S2/c1-10(2)16-14(12(18)19-3)7-4-5-11(14)6-8-20-13-17-15-9-21-13/h9-11,16H,4-8H2,1-3H3. The van der Waals surface area contributed by atoms with Crippen LogP contribution in [0.25, 0.3) is 0 Å². The van der Waals surface area contributed by atoms with Crippen molar-refractivity contribution in [3.05, 3.63) is 5.51 Å². The molecule has 0 radical (unpaired) electrons. The number of methoxy groups -OCH3 is 1. The summed E-state index contributed by atoms with van der Waals surface area (Å²) in [5.74, 6) is 1.17.